The van der Waals surface area contributed by atoms with Gasteiger partial charge in [-0.15, -0.1) is 0 Å². The Hall–Kier alpha value is -0.570. The lowest BCUT2D eigenvalue weighted by molar-refractivity contribution is 0.111. The molecule has 1 aliphatic rings. The molecule has 0 aromatic carbocycles. The zero-order valence-electron chi connectivity index (χ0n) is 9.66. The van der Waals surface area contributed by atoms with Crippen molar-refractivity contribution >= 4 is 15.9 Å². The van der Waals surface area contributed by atoms with E-state index in [0.717, 1.165) is 28.8 Å². The largest absolute Gasteiger partial charge is 0.477 e. The fourth-order valence-corrected chi connectivity index (χ4v) is 2.54. The number of rotatable bonds is 5. The summed E-state index contributed by atoms with van der Waals surface area (Å²) in [5, 5.41) is 0. The zero-order chi connectivity index (χ0) is 11.4. The Kier molecular flexibility index (Phi) is 4.22. The van der Waals surface area contributed by atoms with E-state index in [2.05, 4.69) is 27.8 Å². The van der Waals surface area contributed by atoms with Crippen LogP contribution >= 0.6 is 15.9 Å². The highest BCUT2D eigenvalue weighted by molar-refractivity contribution is 9.10. The van der Waals surface area contributed by atoms with E-state index in [1.807, 2.05) is 12.1 Å². The maximum Gasteiger partial charge on any atom is 0.213 e. The van der Waals surface area contributed by atoms with Crippen molar-refractivity contribution in [1.82, 2.24) is 4.98 Å². The summed E-state index contributed by atoms with van der Waals surface area (Å²) in [7, 11) is 0. The van der Waals surface area contributed by atoms with Crippen molar-refractivity contribution in [2.45, 2.75) is 32.6 Å². The third-order valence-corrected chi connectivity index (χ3v) is 3.67. The Morgan fingerprint density at radius 3 is 2.81 bits per heavy atom. The first kappa shape index (κ1) is 11.9. The Bertz CT molecular complexity index is 319. The highest BCUT2D eigenvalue weighted by Crippen LogP contribution is 2.36. The standard InChI is InChI=1S/C13H18BrNO/c1-2-3-10-6-11(7-10)9-16-13-5-4-12(14)8-15-13/h4-5,8,10-11H,2-3,6-7,9H2,1H3. The maximum atomic E-state index is 5.66. The molecule has 1 aromatic heterocycles. The maximum absolute atomic E-state index is 5.66. The molecule has 0 saturated heterocycles. The smallest absolute Gasteiger partial charge is 0.213 e. The van der Waals surface area contributed by atoms with Crippen molar-refractivity contribution in [2.75, 3.05) is 6.61 Å². The van der Waals surface area contributed by atoms with Crippen LogP contribution in [0.3, 0.4) is 0 Å². The molecule has 0 radical (unpaired) electrons. The number of hydrogen-bond donors (Lipinski definition) is 0. The lowest BCUT2D eigenvalue weighted by Crippen LogP contribution is -2.28. The van der Waals surface area contributed by atoms with Gasteiger partial charge in [0.15, 0.2) is 0 Å². The number of halogens is 1. The minimum absolute atomic E-state index is 0.738. The third kappa shape index (κ3) is 3.21. The van der Waals surface area contributed by atoms with Gasteiger partial charge in [-0.25, -0.2) is 4.98 Å². The summed E-state index contributed by atoms with van der Waals surface area (Å²) in [5.41, 5.74) is 0. The number of aromatic nitrogens is 1. The molecule has 0 spiro atoms. The van der Waals surface area contributed by atoms with Crippen molar-refractivity contribution in [3.63, 3.8) is 0 Å². The minimum Gasteiger partial charge on any atom is -0.477 e. The van der Waals surface area contributed by atoms with Gasteiger partial charge >= 0.3 is 0 Å². The third-order valence-electron chi connectivity index (χ3n) is 3.20. The van der Waals surface area contributed by atoms with Gasteiger partial charge in [0.1, 0.15) is 0 Å². The van der Waals surface area contributed by atoms with Crippen molar-refractivity contribution in [3.05, 3.63) is 22.8 Å². The number of ether oxygens (including phenoxy) is 1. The second kappa shape index (κ2) is 5.67. The molecule has 1 aromatic rings. The Morgan fingerprint density at radius 1 is 1.38 bits per heavy atom. The van der Waals surface area contributed by atoms with E-state index in [9.17, 15) is 0 Å². The molecule has 1 aliphatic carbocycles. The molecule has 2 rings (SSSR count). The molecule has 2 nitrogen and oxygen atoms in total. The van der Waals surface area contributed by atoms with Gasteiger partial charge in [0.05, 0.1) is 6.61 Å². The highest BCUT2D eigenvalue weighted by atomic mass is 79.9. The number of pyridine rings is 1. The van der Waals surface area contributed by atoms with Gasteiger partial charge in [0.2, 0.25) is 5.88 Å². The summed E-state index contributed by atoms with van der Waals surface area (Å²) >= 11 is 3.36. The van der Waals surface area contributed by atoms with Crippen LogP contribution < -0.4 is 4.74 Å². The van der Waals surface area contributed by atoms with Crippen LogP contribution in [0.25, 0.3) is 0 Å². The SMILES string of the molecule is CCCC1CC(COc2ccc(Br)cn2)C1. The molecule has 0 amide bonds. The fraction of sp³-hybridized carbons (Fsp3) is 0.615. The van der Waals surface area contributed by atoms with Crippen LogP contribution in [0.15, 0.2) is 22.8 Å². The molecule has 1 saturated carbocycles. The summed E-state index contributed by atoms with van der Waals surface area (Å²) in [4.78, 5) is 4.19. The van der Waals surface area contributed by atoms with E-state index < -0.39 is 0 Å². The quantitative estimate of drug-likeness (QED) is 0.813. The van der Waals surface area contributed by atoms with E-state index in [1.54, 1.807) is 6.20 Å². The van der Waals surface area contributed by atoms with Gasteiger partial charge in [0, 0.05) is 16.7 Å². The predicted octanol–water partition coefficient (Wildman–Crippen LogP) is 4.05. The summed E-state index contributed by atoms with van der Waals surface area (Å²) in [6, 6.07) is 3.87. The van der Waals surface area contributed by atoms with Gasteiger partial charge in [-0.1, -0.05) is 19.8 Å². The molecule has 1 heterocycles. The molecule has 0 unspecified atom stereocenters. The second-order valence-corrected chi connectivity index (χ2v) is 5.53. The van der Waals surface area contributed by atoms with E-state index in [1.165, 1.54) is 25.7 Å². The predicted molar refractivity (Wildman–Crippen MR) is 68.6 cm³/mol. The second-order valence-electron chi connectivity index (χ2n) is 4.62. The summed E-state index contributed by atoms with van der Waals surface area (Å²) in [6.45, 7) is 3.09. The fourth-order valence-electron chi connectivity index (χ4n) is 2.30. The Balaban J connectivity index is 1.67. The van der Waals surface area contributed by atoms with Crippen LogP contribution in [-0.4, -0.2) is 11.6 Å². The van der Waals surface area contributed by atoms with Crippen LogP contribution in [0, 0.1) is 11.8 Å². The molecule has 1 fully saturated rings. The average molecular weight is 284 g/mol. The van der Waals surface area contributed by atoms with Gasteiger partial charge in [0.25, 0.3) is 0 Å². The molecule has 3 heteroatoms. The van der Waals surface area contributed by atoms with Crippen LogP contribution in [-0.2, 0) is 0 Å². The van der Waals surface area contributed by atoms with Crippen LogP contribution in [0.5, 0.6) is 5.88 Å². The van der Waals surface area contributed by atoms with Gasteiger partial charge in [-0.2, -0.15) is 0 Å². The first-order valence-corrected chi connectivity index (χ1v) is 6.81. The van der Waals surface area contributed by atoms with E-state index in [-0.39, 0.29) is 0 Å². The first-order valence-electron chi connectivity index (χ1n) is 6.02. The molecular weight excluding hydrogens is 266 g/mol. The lowest BCUT2D eigenvalue weighted by Gasteiger charge is -2.34. The summed E-state index contributed by atoms with van der Waals surface area (Å²) < 4.78 is 6.65. The van der Waals surface area contributed by atoms with E-state index in [0.29, 0.717) is 0 Å². The Labute approximate surface area is 106 Å². The van der Waals surface area contributed by atoms with Crippen molar-refractivity contribution in [2.24, 2.45) is 11.8 Å². The number of hydrogen-bond acceptors (Lipinski definition) is 2. The molecule has 0 bridgehead atoms. The average Bonchev–Trinajstić information content (AvgIpc) is 2.24. The van der Waals surface area contributed by atoms with Crippen LogP contribution in [0.2, 0.25) is 0 Å². The highest BCUT2D eigenvalue weighted by Gasteiger charge is 2.28. The van der Waals surface area contributed by atoms with Gasteiger partial charge in [-0.3, -0.25) is 0 Å². The van der Waals surface area contributed by atoms with Crippen molar-refractivity contribution in [3.8, 4) is 5.88 Å². The molecule has 0 N–H and O–H groups in total. The zero-order valence-corrected chi connectivity index (χ0v) is 11.2. The van der Waals surface area contributed by atoms with Crippen molar-refractivity contribution in [1.29, 1.82) is 0 Å². The normalized spacial score (nSPS) is 23.9. The van der Waals surface area contributed by atoms with Crippen molar-refractivity contribution < 1.29 is 4.74 Å². The summed E-state index contributed by atoms with van der Waals surface area (Å²) in [6.07, 6.45) is 7.14. The molecule has 16 heavy (non-hydrogen) atoms. The Morgan fingerprint density at radius 2 is 2.19 bits per heavy atom. The monoisotopic (exact) mass is 283 g/mol. The van der Waals surface area contributed by atoms with Gasteiger partial charge in [-0.05, 0) is 46.7 Å². The van der Waals surface area contributed by atoms with Gasteiger partial charge < -0.3 is 4.74 Å². The molecular formula is C13H18BrNO. The summed E-state index contributed by atoms with van der Waals surface area (Å²) in [5.74, 6) is 2.45. The minimum atomic E-state index is 0.738. The first-order chi connectivity index (χ1) is 7.78. The number of nitrogens with zero attached hydrogens (tertiary/aromatic N) is 1. The molecule has 0 atom stereocenters. The lowest BCUT2D eigenvalue weighted by atomic mass is 9.73. The topological polar surface area (TPSA) is 22.1 Å². The molecule has 0 aliphatic heterocycles. The molecule has 88 valence electrons. The van der Waals surface area contributed by atoms with Crippen LogP contribution in [0.4, 0.5) is 0 Å². The van der Waals surface area contributed by atoms with E-state index in [4.69, 9.17) is 4.74 Å². The van der Waals surface area contributed by atoms with E-state index >= 15 is 0 Å². The van der Waals surface area contributed by atoms with Crippen LogP contribution in [0.1, 0.15) is 32.6 Å².